The Morgan fingerprint density at radius 3 is 2.85 bits per heavy atom. The molecule has 5 heteroatoms. The van der Waals surface area contributed by atoms with Crippen molar-refractivity contribution in [1.82, 2.24) is 10.2 Å². The average Bonchev–Trinajstić information content (AvgIpc) is 2.92. The zero-order chi connectivity index (χ0) is 18.9. The molecule has 1 atom stereocenters. The Bertz CT molecular complexity index is 794. The third-order valence-electron chi connectivity index (χ3n) is 5.34. The lowest BCUT2D eigenvalue weighted by Crippen LogP contribution is -2.54. The molecule has 1 amide bonds. The maximum atomic E-state index is 12.9. The molecule has 0 aliphatic carbocycles. The standard InChI is InChI=1S/C21H30N2O3/c1-14-8-6-7-11-23(14)13-21(3,4)22-20(24)19-15(2)17-10-9-16(25-5)12-18(17)26-19/h9-10,12,14H,6-8,11,13H2,1-5H3,(H,22,24). The van der Waals surface area contributed by atoms with E-state index >= 15 is 0 Å². The number of nitrogens with zero attached hydrogens (tertiary/aromatic N) is 1. The zero-order valence-corrected chi connectivity index (χ0v) is 16.5. The van der Waals surface area contributed by atoms with Crippen LogP contribution in [-0.4, -0.2) is 42.6 Å². The molecular formula is C21H30N2O3. The third-order valence-corrected chi connectivity index (χ3v) is 5.34. The van der Waals surface area contributed by atoms with E-state index < -0.39 is 0 Å². The molecule has 1 aromatic heterocycles. The number of aryl methyl sites for hydroxylation is 1. The van der Waals surface area contributed by atoms with E-state index in [9.17, 15) is 4.79 Å². The van der Waals surface area contributed by atoms with Gasteiger partial charge in [-0.1, -0.05) is 6.42 Å². The molecule has 0 spiro atoms. The molecule has 3 rings (SSSR count). The molecule has 26 heavy (non-hydrogen) atoms. The van der Waals surface area contributed by atoms with Gasteiger partial charge in [-0.3, -0.25) is 9.69 Å². The van der Waals surface area contributed by atoms with Crippen molar-refractivity contribution >= 4 is 16.9 Å². The summed E-state index contributed by atoms with van der Waals surface area (Å²) in [5, 5.41) is 4.11. The number of methoxy groups -OCH3 is 1. The number of benzene rings is 1. The first-order valence-electron chi connectivity index (χ1n) is 9.44. The highest BCUT2D eigenvalue weighted by atomic mass is 16.5. The van der Waals surface area contributed by atoms with E-state index in [0.29, 0.717) is 17.4 Å². The van der Waals surface area contributed by atoms with Crippen LogP contribution >= 0.6 is 0 Å². The van der Waals surface area contributed by atoms with Crippen LogP contribution in [0.15, 0.2) is 22.6 Å². The van der Waals surface area contributed by atoms with E-state index in [-0.39, 0.29) is 11.4 Å². The lowest BCUT2D eigenvalue weighted by atomic mass is 9.98. The average molecular weight is 358 g/mol. The minimum atomic E-state index is -0.328. The molecule has 0 radical (unpaired) electrons. The summed E-state index contributed by atoms with van der Waals surface area (Å²) in [6, 6.07) is 6.21. The van der Waals surface area contributed by atoms with E-state index in [2.05, 4.69) is 31.0 Å². The Balaban J connectivity index is 1.76. The van der Waals surface area contributed by atoms with Crippen molar-refractivity contribution < 1.29 is 13.9 Å². The van der Waals surface area contributed by atoms with Gasteiger partial charge in [0, 0.05) is 35.1 Å². The van der Waals surface area contributed by atoms with E-state index in [4.69, 9.17) is 9.15 Å². The Morgan fingerprint density at radius 2 is 2.15 bits per heavy atom. The molecule has 1 aliphatic heterocycles. The molecule has 1 aliphatic rings. The zero-order valence-electron chi connectivity index (χ0n) is 16.5. The van der Waals surface area contributed by atoms with Crippen molar-refractivity contribution in [3.05, 3.63) is 29.5 Å². The largest absolute Gasteiger partial charge is 0.497 e. The highest BCUT2D eigenvalue weighted by Crippen LogP contribution is 2.29. The van der Waals surface area contributed by atoms with Gasteiger partial charge in [-0.15, -0.1) is 0 Å². The summed E-state index contributed by atoms with van der Waals surface area (Å²) in [5.41, 5.74) is 1.21. The number of nitrogens with one attached hydrogen (secondary N) is 1. The quantitative estimate of drug-likeness (QED) is 0.873. The highest BCUT2D eigenvalue weighted by molar-refractivity contribution is 5.99. The van der Waals surface area contributed by atoms with Crippen molar-refractivity contribution in [2.45, 2.75) is 58.5 Å². The molecule has 1 aromatic carbocycles. The second-order valence-electron chi connectivity index (χ2n) is 8.07. The molecule has 2 heterocycles. The van der Waals surface area contributed by atoms with Crippen molar-refractivity contribution in [3.63, 3.8) is 0 Å². The van der Waals surface area contributed by atoms with Gasteiger partial charge >= 0.3 is 0 Å². The molecule has 0 saturated carbocycles. The molecule has 5 nitrogen and oxygen atoms in total. The van der Waals surface area contributed by atoms with Crippen molar-refractivity contribution in [2.75, 3.05) is 20.2 Å². The molecule has 1 unspecified atom stereocenters. The predicted molar refractivity (Wildman–Crippen MR) is 104 cm³/mol. The summed E-state index contributed by atoms with van der Waals surface area (Å²) < 4.78 is 11.1. The lowest BCUT2D eigenvalue weighted by Gasteiger charge is -2.39. The van der Waals surface area contributed by atoms with Crippen LogP contribution in [0.5, 0.6) is 5.75 Å². The molecular weight excluding hydrogens is 328 g/mol. The fourth-order valence-electron chi connectivity index (χ4n) is 3.85. The normalized spacial score (nSPS) is 18.9. The van der Waals surface area contributed by atoms with Crippen LogP contribution in [0.4, 0.5) is 0 Å². The van der Waals surface area contributed by atoms with Gasteiger partial charge in [-0.25, -0.2) is 0 Å². The van der Waals surface area contributed by atoms with Crippen LogP contribution in [-0.2, 0) is 0 Å². The van der Waals surface area contributed by atoms with Crippen molar-refractivity contribution in [1.29, 1.82) is 0 Å². The van der Waals surface area contributed by atoms with Crippen LogP contribution in [0.2, 0.25) is 0 Å². The van der Waals surface area contributed by atoms with Gasteiger partial charge in [-0.05, 0) is 59.2 Å². The van der Waals surface area contributed by atoms with Crippen molar-refractivity contribution in [3.8, 4) is 5.75 Å². The van der Waals surface area contributed by atoms with Gasteiger partial charge in [0.05, 0.1) is 7.11 Å². The fraction of sp³-hybridized carbons (Fsp3) is 0.571. The number of carbonyl (C=O) groups excluding carboxylic acids is 1. The molecule has 142 valence electrons. The van der Waals surface area contributed by atoms with E-state index in [1.54, 1.807) is 7.11 Å². The number of amides is 1. The third kappa shape index (κ3) is 3.88. The first-order chi connectivity index (χ1) is 12.3. The van der Waals surface area contributed by atoms with E-state index in [0.717, 1.165) is 29.8 Å². The smallest absolute Gasteiger partial charge is 0.287 e. The minimum absolute atomic E-state index is 0.160. The fourth-order valence-corrected chi connectivity index (χ4v) is 3.85. The lowest BCUT2D eigenvalue weighted by molar-refractivity contribution is 0.0810. The minimum Gasteiger partial charge on any atom is -0.497 e. The molecule has 2 aromatic rings. The number of fused-ring (bicyclic) bond motifs is 1. The number of piperidine rings is 1. The van der Waals surface area contributed by atoms with Gasteiger partial charge in [0.15, 0.2) is 5.76 Å². The topological polar surface area (TPSA) is 54.7 Å². The Hall–Kier alpha value is -2.01. The van der Waals surface area contributed by atoms with Crippen LogP contribution < -0.4 is 10.1 Å². The van der Waals surface area contributed by atoms with Crippen molar-refractivity contribution in [2.24, 2.45) is 0 Å². The Labute approximate surface area is 155 Å². The van der Waals surface area contributed by atoms with Crippen LogP contribution in [0, 0.1) is 6.92 Å². The number of likely N-dealkylation sites (tertiary alicyclic amines) is 1. The predicted octanol–water partition coefficient (Wildman–Crippen LogP) is 4.13. The summed E-state index contributed by atoms with van der Waals surface area (Å²) in [5.74, 6) is 0.943. The second-order valence-corrected chi connectivity index (χ2v) is 8.07. The van der Waals surface area contributed by atoms with E-state index in [1.165, 1.54) is 19.3 Å². The number of rotatable bonds is 5. The maximum Gasteiger partial charge on any atom is 0.287 e. The molecule has 1 N–H and O–H groups in total. The summed E-state index contributed by atoms with van der Waals surface area (Å²) in [7, 11) is 1.62. The highest BCUT2D eigenvalue weighted by Gasteiger charge is 2.29. The first kappa shape index (κ1) is 18.8. The van der Waals surface area contributed by atoms with Crippen LogP contribution in [0.1, 0.15) is 56.2 Å². The monoisotopic (exact) mass is 358 g/mol. The van der Waals surface area contributed by atoms with Gasteiger partial charge in [0.25, 0.3) is 5.91 Å². The van der Waals surface area contributed by atoms with Gasteiger partial charge in [0.1, 0.15) is 11.3 Å². The number of ether oxygens (including phenoxy) is 1. The summed E-state index contributed by atoms with van der Waals surface area (Å²) in [6.07, 6.45) is 3.76. The Morgan fingerprint density at radius 1 is 1.38 bits per heavy atom. The van der Waals surface area contributed by atoms with Gasteiger partial charge < -0.3 is 14.5 Å². The maximum absolute atomic E-state index is 12.9. The molecule has 1 fully saturated rings. The summed E-state index contributed by atoms with van der Waals surface area (Å²) in [4.78, 5) is 15.3. The SMILES string of the molecule is COc1ccc2c(C)c(C(=O)NC(C)(C)CN3CCCCC3C)oc2c1. The number of carbonyl (C=O) groups is 1. The Kier molecular flexibility index (Phi) is 5.28. The number of hydrogen-bond donors (Lipinski definition) is 1. The van der Waals surface area contributed by atoms with Gasteiger partial charge in [0.2, 0.25) is 0 Å². The first-order valence-corrected chi connectivity index (χ1v) is 9.44. The number of hydrogen-bond acceptors (Lipinski definition) is 4. The summed E-state index contributed by atoms with van der Waals surface area (Å²) >= 11 is 0. The van der Waals surface area contributed by atoms with Gasteiger partial charge in [-0.2, -0.15) is 0 Å². The summed E-state index contributed by atoms with van der Waals surface area (Å²) in [6.45, 7) is 10.3. The van der Waals surface area contributed by atoms with Crippen LogP contribution in [0.25, 0.3) is 11.0 Å². The molecule has 1 saturated heterocycles. The van der Waals surface area contributed by atoms with Crippen LogP contribution in [0.3, 0.4) is 0 Å². The number of furan rings is 1. The molecule has 0 bridgehead atoms. The van der Waals surface area contributed by atoms with E-state index in [1.807, 2.05) is 25.1 Å². The second kappa shape index (κ2) is 7.31.